The summed E-state index contributed by atoms with van der Waals surface area (Å²) in [6.07, 6.45) is 2.24. The summed E-state index contributed by atoms with van der Waals surface area (Å²) in [5.41, 5.74) is 7.54. The number of guanidine groups is 1. The van der Waals surface area contributed by atoms with Gasteiger partial charge in [0.25, 0.3) is 0 Å². The maximum Gasteiger partial charge on any atom is 0.192 e. The van der Waals surface area contributed by atoms with Crippen LogP contribution in [0.25, 0.3) is 0 Å². The second-order valence-corrected chi connectivity index (χ2v) is 6.09. The zero-order valence-corrected chi connectivity index (χ0v) is 11.5. The lowest BCUT2D eigenvalue weighted by atomic mass is 9.85. The van der Waals surface area contributed by atoms with Gasteiger partial charge in [-0.15, -0.1) is 11.8 Å². The van der Waals surface area contributed by atoms with Crippen LogP contribution in [0.1, 0.15) is 25.3 Å². The van der Waals surface area contributed by atoms with Crippen molar-refractivity contribution in [3.05, 3.63) is 29.8 Å². The van der Waals surface area contributed by atoms with Crippen molar-refractivity contribution in [1.29, 1.82) is 0 Å². The molecular formula is C14H19N3S. The first-order valence-electron chi connectivity index (χ1n) is 6.58. The molecule has 3 nitrogen and oxygen atoms in total. The minimum absolute atomic E-state index is 0.0297. The van der Waals surface area contributed by atoms with Crippen LogP contribution in [0, 0.1) is 0 Å². The molecule has 0 fully saturated rings. The number of thioether (sulfide) groups is 1. The summed E-state index contributed by atoms with van der Waals surface area (Å²) in [5, 5.41) is 0. The van der Waals surface area contributed by atoms with Gasteiger partial charge in [0, 0.05) is 17.2 Å². The smallest absolute Gasteiger partial charge is 0.192 e. The van der Waals surface area contributed by atoms with E-state index in [0.717, 1.165) is 37.6 Å². The number of hydrogen-bond acceptors (Lipinski definition) is 4. The molecule has 3 rings (SSSR count). The first kappa shape index (κ1) is 11.9. The predicted octanol–water partition coefficient (Wildman–Crippen LogP) is 2.42. The number of aliphatic imine (C=N–C) groups is 1. The maximum absolute atomic E-state index is 6.10. The predicted molar refractivity (Wildman–Crippen MR) is 76.9 cm³/mol. The lowest BCUT2D eigenvalue weighted by Gasteiger charge is -2.43. The second-order valence-electron chi connectivity index (χ2n) is 4.95. The summed E-state index contributed by atoms with van der Waals surface area (Å²) < 4.78 is 0. The van der Waals surface area contributed by atoms with E-state index in [1.165, 1.54) is 10.5 Å². The molecule has 1 spiro atoms. The Kier molecular flexibility index (Phi) is 2.98. The van der Waals surface area contributed by atoms with Crippen LogP contribution < -0.4 is 5.73 Å². The average molecular weight is 261 g/mol. The fourth-order valence-electron chi connectivity index (χ4n) is 3.04. The molecule has 18 heavy (non-hydrogen) atoms. The van der Waals surface area contributed by atoms with Crippen LogP contribution in [0.15, 0.2) is 34.2 Å². The van der Waals surface area contributed by atoms with Gasteiger partial charge in [-0.2, -0.15) is 0 Å². The average Bonchev–Trinajstić information content (AvgIpc) is 2.70. The Balaban J connectivity index is 2.06. The standard InChI is InChI=1S/C14H19N3S/c1-2-8-17-13(15)16-10-14(17)7-9-18-12-6-4-3-5-11(12)14/h3-6H,2,7-10H2,1H3,(H2,15,16). The largest absolute Gasteiger partial charge is 0.370 e. The third-order valence-electron chi connectivity index (χ3n) is 3.90. The van der Waals surface area contributed by atoms with Gasteiger partial charge in [-0.25, -0.2) is 0 Å². The number of hydrogen-bond donors (Lipinski definition) is 1. The van der Waals surface area contributed by atoms with Gasteiger partial charge in [-0.05, 0) is 24.5 Å². The molecule has 2 aliphatic rings. The highest BCUT2D eigenvalue weighted by molar-refractivity contribution is 7.99. The van der Waals surface area contributed by atoms with E-state index in [-0.39, 0.29) is 5.54 Å². The van der Waals surface area contributed by atoms with E-state index in [2.05, 4.69) is 41.1 Å². The quantitative estimate of drug-likeness (QED) is 0.889. The molecule has 0 aliphatic carbocycles. The van der Waals surface area contributed by atoms with Crippen molar-refractivity contribution in [3.8, 4) is 0 Å². The minimum atomic E-state index is 0.0297. The van der Waals surface area contributed by atoms with Crippen molar-refractivity contribution >= 4 is 17.7 Å². The van der Waals surface area contributed by atoms with Crippen molar-refractivity contribution in [3.63, 3.8) is 0 Å². The molecule has 0 bridgehead atoms. The zero-order chi connectivity index (χ0) is 12.6. The monoisotopic (exact) mass is 261 g/mol. The van der Waals surface area contributed by atoms with Crippen molar-refractivity contribution in [2.45, 2.75) is 30.2 Å². The molecule has 1 unspecified atom stereocenters. The molecule has 0 aromatic heterocycles. The lowest BCUT2D eigenvalue weighted by molar-refractivity contribution is 0.189. The van der Waals surface area contributed by atoms with Crippen molar-refractivity contribution in [2.24, 2.45) is 10.7 Å². The van der Waals surface area contributed by atoms with Crippen LogP contribution in [0.3, 0.4) is 0 Å². The molecule has 1 aromatic carbocycles. The fourth-order valence-corrected chi connectivity index (χ4v) is 4.29. The molecule has 0 radical (unpaired) electrons. The van der Waals surface area contributed by atoms with Gasteiger partial charge in [0.05, 0.1) is 12.1 Å². The van der Waals surface area contributed by atoms with Gasteiger partial charge in [0.2, 0.25) is 0 Å². The SMILES string of the molecule is CCCN1C(N)=NCC12CCSc1ccccc12. The van der Waals surface area contributed by atoms with E-state index in [9.17, 15) is 0 Å². The van der Waals surface area contributed by atoms with E-state index in [0.29, 0.717) is 0 Å². The topological polar surface area (TPSA) is 41.6 Å². The molecule has 2 N–H and O–H groups in total. The Morgan fingerprint density at radius 3 is 3.11 bits per heavy atom. The Bertz CT molecular complexity index is 486. The third-order valence-corrected chi connectivity index (χ3v) is 4.98. The summed E-state index contributed by atoms with van der Waals surface area (Å²) in [6.45, 7) is 4.01. The summed E-state index contributed by atoms with van der Waals surface area (Å²) in [7, 11) is 0. The van der Waals surface area contributed by atoms with E-state index in [4.69, 9.17) is 5.73 Å². The normalized spacial score (nSPS) is 26.3. The third kappa shape index (κ3) is 1.62. The molecule has 0 saturated heterocycles. The highest BCUT2D eigenvalue weighted by Gasteiger charge is 2.45. The Labute approximate surface area is 112 Å². The second kappa shape index (κ2) is 4.50. The molecule has 1 atom stereocenters. The number of nitrogens with zero attached hydrogens (tertiary/aromatic N) is 2. The molecular weight excluding hydrogens is 242 g/mol. The van der Waals surface area contributed by atoms with E-state index in [1.807, 2.05) is 11.8 Å². The first-order valence-corrected chi connectivity index (χ1v) is 7.56. The number of rotatable bonds is 2. The van der Waals surface area contributed by atoms with Gasteiger partial charge in [0.1, 0.15) is 0 Å². The molecule has 0 amide bonds. The molecule has 0 saturated carbocycles. The van der Waals surface area contributed by atoms with Crippen LogP contribution in [-0.2, 0) is 5.54 Å². The summed E-state index contributed by atoms with van der Waals surface area (Å²) in [5.74, 6) is 1.87. The highest BCUT2D eigenvalue weighted by atomic mass is 32.2. The van der Waals surface area contributed by atoms with Crippen molar-refractivity contribution in [1.82, 2.24) is 4.90 Å². The van der Waals surface area contributed by atoms with Crippen LogP contribution in [0.5, 0.6) is 0 Å². The van der Waals surface area contributed by atoms with E-state index < -0.39 is 0 Å². The van der Waals surface area contributed by atoms with Crippen LogP contribution in [0.2, 0.25) is 0 Å². The highest BCUT2D eigenvalue weighted by Crippen LogP contribution is 2.45. The van der Waals surface area contributed by atoms with Crippen LogP contribution >= 0.6 is 11.8 Å². The zero-order valence-electron chi connectivity index (χ0n) is 10.7. The van der Waals surface area contributed by atoms with Crippen molar-refractivity contribution in [2.75, 3.05) is 18.8 Å². The van der Waals surface area contributed by atoms with Gasteiger partial charge >= 0.3 is 0 Å². The first-order chi connectivity index (χ1) is 8.78. The molecule has 96 valence electrons. The van der Waals surface area contributed by atoms with Gasteiger partial charge in [-0.1, -0.05) is 25.1 Å². The Morgan fingerprint density at radius 1 is 1.44 bits per heavy atom. The van der Waals surface area contributed by atoms with E-state index in [1.54, 1.807) is 0 Å². The summed E-state index contributed by atoms with van der Waals surface area (Å²) in [6, 6.07) is 8.72. The van der Waals surface area contributed by atoms with Crippen LogP contribution in [-0.4, -0.2) is 29.7 Å². The number of benzene rings is 1. The van der Waals surface area contributed by atoms with Gasteiger partial charge < -0.3 is 10.6 Å². The maximum atomic E-state index is 6.10. The number of fused-ring (bicyclic) bond motifs is 2. The molecule has 4 heteroatoms. The summed E-state index contributed by atoms with van der Waals surface area (Å²) >= 11 is 1.95. The number of nitrogens with two attached hydrogens (primary N) is 1. The van der Waals surface area contributed by atoms with Crippen molar-refractivity contribution < 1.29 is 0 Å². The molecule has 2 aliphatic heterocycles. The van der Waals surface area contributed by atoms with Gasteiger partial charge in [-0.3, -0.25) is 4.99 Å². The van der Waals surface area contributed by atoms with Crippen LogP contribution in [0.4, 0.5) is 0 Å². The lowest BCUT2D eigenvalue weighted by Crippen LogP contribution is -2.51. The molecule has 1 aromatic rings. The van der Waals surface area contributed by atoms with Gasteiger partial charge in [0.15, 0.2) is 5.96 Å². The Morgan fingerprint density at radius 2 is 2.28 bits per heavy atom. The summed E-state index contributed by atoms with van der Waals surface area (Å²) in [4.78, 5) is 8.25. The fraction of sp³-hybridized carbons (Fsp3) is 0.500. The minimum Gasteiger partial charge on any atom is -0.370 e. The Hall–Kier alpha value is -1.16. The van der Waals surface area contributed by atoms with E-state index >= 15 is 0 Å². The molecule has 2 heterocycles.